The molecule has 0 atom stereocenters. The van der Waals surface area contributed by atoms with Gasteiger partial charge in [-0.2, -0.15) is 0 Å². The summed E-state index contributed by atoms with van der Waals surface area (Å²) >= 11 is 0. The van der Waals surface area contributed by atoms with Gasteiger partial charge in [0.2, 0.25) is 0 Å². The smallest absolute Gasteiger partial charge is 0.351 e. The molecule has 0 unspecified atom stereocenters. The van der Waals surface area contributed by atoms with Crippen LogP contribution in [-0.2, 0) is 18.6 Å². The highest BCUT2D eigenvalue weighted by Crippen LogP contribution is 2.35. The molecule has 2 rings (SSSR count). The number of hydrogen-bond acceptors (Lipinski definition) is 3. The molecule has 22 heavy (non-hydrogen) atoms. The average molecular weight is 314 g/mol. The standard InChI is InChI=1S/C18H22O3Si/c1-18(2,3)16-10-13(11-19)9-14(12-20)17(16)21-22-15-7-5-4-6-8-15/h4-10,19-20H,11-12H2,1-3H3. The van der Waals surface area contributed by atoms with E-state index in [2.05, 4.69) is 20.8 Å². The van der Waals surface area contributed by atoms with Crippen molar-refractivity contribution in [2.24, 2.45) is 0 Å². The number of rotatable bonds is 5. The number of benzene rings is 2. The van der Waals surface area contributed by atoms with Crippen molar-refractivity contribution >= 4 is 14.9 Å². The molecule has 0 heterocycles. The topological polar surface area (TPSA) is 49.7 Å². The third-order valence-electron chi connectivity index (χ3n) is 3.43. The second kappa shape index (κ2) is 7.09. The van der Waals surface area contributed by atoms with Crippen molar-refractivity contribution in [1.29, 1.82) is 0 Å². The van der Waals surface area contributed by atoms with E-state index in [1.54, 1.807) is 6.07 Å². The zero-order valence-electron chi connectivity index (χ0n) is 13.3. The second-order valence-electron chi connectivity index (χ2n) is 6.27. The minimum atomic E-state index is -0.133. The van der Waals surface area contributed by atoms with E-state index >= 15 is 0 Å². The van der Waals surface area contributed by atoms with Gasteiger partial charge in [0.15, 0.2) is 0 Å². The molecule has 0 amide bonds. The van der Waals surface area contributed by atoms with Crippen LogP contribution >= 0.6 is 0 Å². The molecule has 2 radical (unpaired) electrons. The van der Waals surface area contributed by atoms with Crippen LogP contribution in [0.5, 0.6) is 5.75 Å². The Kier molecular flexibility index (Phi) is 5.40. The summed E-state index contributed by atoms with van der Waals surface area (Å²) in [7, 11) is 0.181. The lowest BCUT2D eigenvalue weighted by molar-refractivity contribution is 0.272. The van der Waals surface area contributed by atoms with Crippen LogP contribution in [0.25, 0.3) is 0 Å². The summed E-state index contributed by atoms with van der Waals surface area (Å²) in [5.41, 5.74) is 2.39. The first-order valence-electron chi connectivity index (χ1n) is 7.31. The highest BCUT2D eigenvalue weighted by atomic mass is 28.2. The summed E-state index contributed by atoms with van der Waals surface area (Å²) in [5, 5.41) is 20.2. The Hall–Kier alpha value is -1.62. The highest BCUT2D eigenvalue weighted by Gasteiger charge is 2.22. The van der Waals surface area contributed by atoms with Gasteiger partial charge in [0.1, 0.15) is 5.75 Å². The van der Waals surface area contributed by atoms with Crippen molar-refractivity contribution in [3.8, 4) is 5.75 Å². The van der Waals surface area contributed by atoms with E-state index in [1.807, 2.05) is 36.4 Å². The normalized spacial score (nSPS) is 11.5. The summed E-state index contributed by atoms with van der Waals surface area (Å²) < 4.78 is 6.06. The van der Waals surface area contributed by atoms with Crippen molar-refractivity contribution in [3.63, 3.8) is 0 Å². The molecule has 2 N–H and O–H groups in total. The van der Waals surface area contributed by atoms with E-state index in [1.165, 1.54) is 0 Å². The molecule has 2 aromatic rings. The van der Waals surface area contributed by atoms with Crippen LogP contribution in [0, 0.1) is 0 Å². The van der Waals surface area contributed by atoms with E-state index in [-0.39, 0.29) is 28.4 Å². The van der Waals surface area contributed by atoms with Crippen LogP contribution in [0.4, 0.5) is 0 Å². The SMILES string of the molecule is CC(C)(C)c1cc(CO)cc(CO)c1O[Si]c1ccccc1. The Morgan fingerprint density at radius 3 is 2.23 bits per heavy atom. The van der Waals surface area contributed by atoms with Gasteiger partial charge in [-0.15, -0.1) is 0 Å². The predicted octanol–water partition coefficient (Wildman–Crippen LogP) is 2.29. The molecule has 0 saturated carbocycles. The first-order chi connectivity index (χ1) is 10.5. The fourth-order valence-corrected chi connectivity index (χ4v) is 3.05. The summed E-state index contributed by atoms with van der Waals surface area (Å²) in [4.78, 5) is 0. The molecular weight excluding hydrogens is 292 g/mol. The molecule has 0 spiro atoms. The third-order valence-corrected chi connectivity index (χ3v) is 4.31. The molecule has 3 nitrogen and oxygen atoms in total. The van der Waals surface area contributed by atoms with Gasteiger partial charge in [0.05, 0.1) is 13.2 Å². The number of hydrogen-bond donors (Lipinski definition) is 2. The molecule has 0 saturated heterocycles. The van der Waals surface area contributed by atoms with E-state index in [4.69, 9.17) is 4.43 Å². The monoisotopic (exact) mass is 314 g/mol. The van der Waals surface area contributed by atoms with Gasteiger partial charge in [0, 0.05) is 5.56 Å². The summed E-state index contributed by atoms with van der Waals surface area (Å²) in [5.74, 6) is 0.731. The molecule has 0 aliphatic heterocycles. The van der Waals surface area contributed by atoms with Gasteiger partial charge in [-0.3, -0.25) is 0 Å². The molecule has 0 aromatic heterocycles. The Morgan fingerprint density at radius 2 is 1.68 bits per heavy atom. The van der Waals surface area contributed by atoms with Crippen LogP contribution in [0.1, 0.15) is 37.5 Å². The average Bonchev–Trinajstić information content (AvgIpc) is 2.52. The van der Waals surface area contributed by atoms with Crippen molar-refractivity contribution in [2.75, 3.05) is 0 Å². The maximum Gasteiger partial charge on any atom is 0.351 e. The molecule has 0 bridgehead atoms. The predicted molar refractivity (Wildman–Crippen MR) is 89.4 cm³/mol. The zero-order valence-corrected chi connectivity index (χ0v) is 14.3. The summed E-state index contributed by atoms with van der Waals surface area (Å²) in [6.45, 7) is 6.15. The van der Waals surface area contributed by atoms with Gasteiger partial charge in [-0.25, -0.2) is 0 Å². The first-order valence-corrected chi connectivity index (χ1v) is 8.22. The maximum absolute atomic E-state index is 9.67. The molecule has 0 fully saturated rings. The minimum Gasteiger partial charge on any atom is -0.535 e. The maximum atomic E-state index is 9.67. The molecular formula is C18H22O3Si. The lowest BCUT2D eigenvalue weighted by atomic mass is 9.84. The van der Waals surface area contributed by atoms with Crippen LogP contribution < -0.4 is 9.61 Å². The lowest BCUT2D eigenvalue weighted by Crippen LogP contribution is -2.23. The molecule has 4 heteroatoms. The van der Waals surface area contributed by atoms with Crippen LogP contribution in [0.3, 0.4) is 0 Å². The zero-order chi connectivity index (χ0) is 16.2. The Morgan fingerprint density at radius 1 is 1.00 bits per heavy atom. The lowest BCUT2D eigenvalue weighted by Gasteiger charge is -2.25. The third kappa shape index (κ3) is 3.97. The van der Waals surface area contributed by atoms with Crippen LogP contribution in [-0.4, -0.2) is 20.0 Å². The molecule has 116 valence electrons. The fourth-order valence-electron chi connectivity index (χ4n) is 2.26. The van der Waals surface area contributed by atoms with Gasteiger partial charge < -0.3 is 14.6 Å². The Bertz CT molecular complexity index is 618. The van der Waals surface area contributed by atoms with Crippen molar-refractivity contribution < 1.29 is 14.6 Å². The number of aliphatic hydroxyl groups is 2. The summed E-state index contributed by atoms with van der Waals surface area (Å²) in [6.07, 6.45) is 0. The molecule has 0 aliphatic rings. The van der Waals surface area contributed by atoms with Crippen molar-refractivity contribution in [1.82, 2.24) is 0 Å². The second-order valence-corrected chi connectivity index (χ2v) is 7.25. The van der Waals surface area contributed by atoms with Gasteiger partial charge in [-0.05, 0) is 33.9 Å². The van der Waals surface area contributed by atoms with Crippen LogP contribution in [0.15, 0.2) is 42.5 Å². The van der Waals surface area contributed by atoms with E-state index in [0.29, 0.717) is 0 Å². The summed E-state index contributed by atoms with van der Waals surface area (Å²) in [6, 6.07) is 13.8. The van der Waals surface area contributed by atoms with Crippen molar-refractivity contribution in [3.05, 3.63) is 59.2 Å². The first kappa shape index (κ1) is 16.7. The highest BCUT2D eigenvalue weighted by molar-refractivity contribution is 6.47. The molecule has 2 aromatic carbocycles. The quantitative estimate of drug-likeness (QED) is 0.833. The van der Waals surface area contributed by atoms with Gasteiger partial charge in [-0.1, -0.05) is 51.1 Å². The van der Waals surface area contributed by atoms with E-state index in [9.17, 15) is 10.2 Å². The van der Waals surface area contributed by atoms with E-state index in [0.717, 1.165) is 27.6 Å². The van der Waals surface area contributed by atoms with Gasteiger partial charge >= 0.3 is 9.76 Å². The van der Waals surface area contributed by atoms with Crippen molar-refractivity contribution in [2.45, 2.75) is 39.4 Å². The van der Waals surface area contributed by atoms with E-state index < -0.39 is 0 Å². The molecule has 0 aliphatic carbocycles. The number of aliphatic hydroxyl groups excluding tert-OH is 2. The minimum absolute atomic E-state index is 0.0443. The fraction of sp³-hybridized carbons (Fsp3) is 0.333. The Labute approximate surface area is 134 Å². The van der Waals surface area contributed by atoms with Gasteiger partial charge in [0.25, 0.3) is 0 Å². The van der Waals surface area contributed by atoms with Crippen LogP contribution in [0.2, 0.25) is 0 Å². The largest absolute Gasteiger partial charge is 0.535 e. The Balaban J connectivity index is 2.39.